The maximum Gasteiger partial charge on any atom is 0.158 e. The van der Waals surface area contributed by atoms with E-state index in [1.54, 1.807) is 17.8 Å². The molecule has 0 aromatic carbocycles. The average Bonchev–Trinajstić information content (AvgIpc) is 2.36. The molecule has 0 radical (unpaired) electrons. The van der Waals surface area contributed by atoms with Gasteiger partial charge in [0.05, 0.1) is 0 Å². The Morgan fingerprint density at radius 1 is 1.41 bits per heavy atom. The smallest absolute Gasteiger partial charge is 0.158 e. The number of ether oxygens (including phenoxy) is 1. The number of thioether (sulfide) groups is 1. The number of nitrogen functional groups attached to an aromatic ring is 1. The van der Waals surface area contributed by atoms with Crippen LogP contribution in [0.5, 0.6) is 0 Å². The summed E-state index contributed by atoms with van der Waals surface area (Å²) >= 11 is 1.78. The van der Waals surface area contributed by atoms with Gasteiger partial charge in [-0.1, -0.05) is 0 Å². The van der Waals surface area contributed by atoms with Crippen molar-refractivity contribution >= 4 is 23.4 Å². The lowest BCUT2D eigenvalue weighted by Crippen LogP contribution is -2.13. The van der Waals surface area contributed by atoms with E-state index < -0.39 is 0 Å². The Kier molecular flexibility index (Phi) is 6.68. The van der Waals surface area contributed by atoms with Gasteiger partial charge in [-0.15, -0.1) is 0 Å². The molecule has 1 rings (SSSR count). The zero-order valence-corrected chi connectivity index (χ0v) is 11.0. The molecule has 0 saturated carbocycles. The van der Waals surface area contributed by atoms with Crippen LogP contribution >= 0.6 is 11.8 Å². The van der Waals surface area contributed by atoms with Gasteiger partial charge in [-0.3, -0.25) is 0 Å². The van der Waals surface area contributed by atoms with Gasteiger partial charge in [-0.25, -0.2) is 15.8 Å². The molecule has 7 heteroatoms. The first-order chi connectivity index (χ1) is 8.30. The summed E-state index contributed by atoms with van der Waals surface area (Å²) in [6, 6.07) is 1.77. The molecule has 0 unspecified atom stereocenters. The Morgan fingerprint density at radius 3 is 2.82 bits per heavy atom. The Balaban J connectivity index is 2.67. The summed E-state index contributed by atoms with van der Waals surface area (Å²) in [4.78, 5) is 8.54. The molecule has 0 aliphatic rings. The lowest BCUT2D eigenvalue weighted by atomic mass is 10.5. The summed E-state index contributed by atoms with van der Waals surface area (Å²) < 4.78 is 5.27. The molecule has 96 valence electrons. The van der Waals surface area contributed by atoms with Gasteiger partial charge in [0.15, 0.2) is 5.82 Å². The highest BCUT2D eigenvalue weighted by atomic mass is 32.2. The van der Waals surface area contributed by atoms with Gasteiger partial charge in [0, 0.05) is 25.0 Å². The van der Waals surface area contributed by atoms with Gasteiger partial charge in [0.25, 0.3) is 0 Å². The first kappa shape index (κ1) is 14.0. The highest BCUT2D eigenvalue weighted by Crippen LogP contribution is 2.11. The standard InChI is InChI=1S/C10H19N5OS/c1-3-16-7-10-13-8(12-4-5-17-2)6-9(14-10)15-11/h6H,3-5,7,11H2,1-2H3,(H2,12,13,14,15). The van der Waals surface area contributed by atoms with Crippen LogP contribution in [-0.4, -0.2) is 35.1 Å². The van der Waals surface area contributed by atoms with E-state index in [0.717, 1.165) is 18.1 Å². The quantitative estimate of drug-likeness (QED) is 0.365. The van der Waals surface area contributed by atoms with E-state index in [9.17, 15) is 0 Å². The Morgan fingerprint density at radius 2 is 2.18 bits per heavy atom. The van der Waals surface area contributed by atoms with Crippen molar-refractivity contribution in [2.24, 2.45) is 5.84 Å². The van der Waals surface area contributed by atoms with Crippen molar-refractivity contribution in [1.29, 1.82) is 0 Å². The molecule has 0 saturated heterocycles. The monoisotopic (exact) mass is 257 g/mol. The summed E-state index contributed by atoms with van der Waals surface area (Å²) in [7, 11) is 0. The highest BCUT2D eigenvalue weighted by Gasteiger charge is 2.03. The number of aromatic nitrogens is 2. The summed E-state index contributed by atoms with van der Waals surface area (Å²) in [5, 5.41) is 3.21. The second-order valence-electron chi connectivity index (χ2n) is 3.26. The minimum Gasteiger partial charge on any atom is -0.374 e. The molecule has 0 bridgehead atoms. The van der Waals surface area contributed by atoms with Gasteiger partial charge in [0.2, 0.25) is 0 Å². The Bertz CT molecular complexity index is 336. The zero-order valence-electron chi connectivity index (χ0n) is 10.2. The SMILES string of the molecule is CCOCc1nc(NN)cc(NCCSC)n1. The fraction of sp³-hybridized carbons (Fsp3) is 0.600. The van der Waals surface area contributed by atoms with Crippen LogP contribution in [-0.2, 0) is 11.3 Å². The lowest BCUT2D eigenvalue weighted by molar-refractivity contribution is 0.128. The normalized spacial score (nSPS) is 10.3. The number of rotatable bonds is 8. The number of hydrogen-bond acceptors (Lipinski definition) is 7. The number of hydrogen-bond donors (Lipinski definition) is 3. The summed E-state index contributed by atoms with van der Waals surface area (Å²) in [5.74, 6) is 8.35. The zero-order chi connectivity index (χ0) is 12.5. The van der Waals surface area contributed by atoms with Gasteiger partial charge < -0.3 is 15.5 Å². The number of hydrazine groups is 1. The third-order valence-electron chi connectivity index (χ3n) is 1.97. The average molecular weight is 257 g/mol. The Hall–Kier alpha value is -1.05. The Labute approximate surface area is 106 Å². The van der Waals surface area contributed by atoms with E-state index in [2.05, 4.69) is 27.0 Å². The third-order valence-corrected chi connectivity index (χ3v) is 2.58. The second-order valence-corrected chi connectivity index (χ2v) is 4.24. The van der Waals surface area contributed by atoms with Crippen LogP contribution in [0.3, 0.4) is 0 Å². The van der Waals surface area contributed by atoms with Gasteiger partial charge in [-0.05, 0) is 13.2 Å². The van der Waals surface area contributed by atoms with Crippen molar-refractivity contribution in [2.45, 2.75) is 13.5 Å². The molecule has 6 nitrogen and oxygen atoms in total. The van der Waals surface area contributed by atoms with E-state index >= 15 is 0 Å². The van der Waals surface area contributed by atoms with E-state index in [1.807, 2.05) is 6.92 Å². The third kappa shape index (κ3) is 5.20. The van der Waals surface area contributed by atoms with Crippen molar-refractivity contribution in [2.75, 3.05) is 35.9 Å². The van der Waals surface area contributed by atoms with E-state index in [1.165, 1.54) is 0 Å². The van der Waals surface area contributed by atoms with Crippen LogP contribution in [0.1, 0.15) is 12.7 Å². The molecular weight excluding hydrogens is 238 g/mol. The van der Waals surface area contributed by atoms with Crippen molar-refractivity contribution in [1.82, 2.24) is 9.97 Å². The van der Waals surface area contributed by atoms with Crippen molar-refractivity contribution in [3.8, 4) is 0 Å². The molecule has 17 heavy (non-hydrogen) atoms. The molecule has 0 amide bonds. The van der Waals surface area contributed by atoms with Crippen LogP contribution in [0.2, 0.25) is 0 Å². The lowest BCUT2D eigenvalue weighted by Gasteiger charge is -2.09. The van der Waals surface area contributed by atoms with Crippen LogP contribution in [0.15, 0.2) is 6.07 Å². The number of nitrogens with one attached hydrogen (secondary N) is 2. The molecule has 0 spiro atoms. The molecule has 0 aliphatic carbocycles. The number of anilines is 2. The maximum absolute atomic E-state index is 5.36. The largest absolute Gasteiger partial charge is 0.374 e. The molecule has 0 fully saturated rings. The molecular formula is C10H19N5OS. The van der Waals surface area contributed by atoms with Gasteiger partial charge in [-0.2, -0.15) is 11.8 Å². The molecule has 0 aliphatic heterocycles. The van der Waals surface area contributed by atoms with E-state index in [0.29, 0.717) is 24.9 Å². The fourth-order valence-electron chi connectivity index (χ4n) is 1.20. The second kappa shape index (κ2) is 8.10. The summed E-state index contributed by atoms with van der Waals surface area (Å²) in [6.45, 7) is 3.82. The molecule has 1 aromatic heterocycles. The number of nitrogens with zero attached hydrogens (tertiary/aromatic N) is 2. The van der Waals surface area contributed by atoms with Gasteiger partial charge in [0.1, 0.15) is 18.2 Å². The summed E-state index contributed by atoms with van der Waals surface area (Å²) in [5.41, 5.74) is 2.52. The van der Waals surface area contributed by atoms with E-state index in [-0.39, 0.29) is 0 Å². The summed E-state index contributed by atoms with van der Waals surface area (Å²) in [6.07, 6.45) is 2.06. The maximum atomic E-state index is 5.36. The van der Waals surface area contributed by atoms with Crippen LogP contribution in [0.4, 0.5) is 11.6 Å². The minimum absolute atomic E-state index is 0.392. The molecule has 1 heterocycles. The van der Waals surface area contributed by atoms with Crippen molar-refractivity contribution in [3.63, 3.8) is 0 Å². The fourth-order valence-corrected chi connectivity index (χ4v) is 1.51. The molecule has 4 N–H and O–H groups in total. The minimum atomic E-state index is 0.392. The predicted octanol–water partition coefficient (Wildman–Crippen LogP) is 1.07. The van der Waals surface area contributed by atoms with Crippen LogP contribution < -0.4 is 16.6 Å². The van der Waals surface area contributed by atoms with Gasteiger partial charge >= 0.3 is 0 Å². The topological polar surface area (TPSA) is 85.1 Å². The number of nitrogens with two attached hydrogens (primary N) is 1. The van der Waals surface area contributed by atoms with Crippen molar-refractivity contribution in [3.05, 3.63) is 11.9 Å². The molecule has 0 atom stereocenters. The van der Waals surface area contributed by atoms with E-state index in [4.69, 9.17) is 10.6 Å². The highest BCUT2D eigenvalue weighted by molar-refractivity contribution is 7.98. The first-order valence-corrected chi connectivity index (χ1v) is 6.84. The predicted molar refractivity (Wildman–Crippen MR) is 72.0 cm³/mol. The first-order valence-electron chi connectivity index (χ1n) is 5.45. The van der Waals surface area contributed by atoms with Crippen molar-refractivity contribution < 1.29 is 4.74 Å². The molecule has 1 aromatic rings. The van der Waals surface area contributed by atoms with Crippen LogP contribution in [0.25, 0.3) is 0 Å². The van der Waals surface area contributed by atoms with Crippen LogP contribution in [0, 0.1) is 0 Å².